The largest absolute Gasteiger partial charge is 0.298 e. The van der Waals surface area contributed by atoms with Gasteiger partial charge in [-0.2, -0.15) is 0 Å². The van der Waals surface area contributed by atoms with Gasteiger partial charge in [-0.1, -0.05) is 0 Å². The summed E-state index contributed by atoms with van der Waals surface area (Å²) >= 11 is 9.00. The van der Waals surface area contributed by atoms with Gasteiger partial charge >= 0.3 is 0 Å². The number of pyridine rings is 1. The monoisotopic (exact) mass is 336 g/mol. The molecular formula is C9H10Br2N2S. The summed E-state index contributed by atoms with van der Waals surface area (Å²) in [4.78, 5) is 4.10. The summed E-state index contributed by atoms with van der Waals surface area (Å²) in [5.74, 6) is 1.16. The van der Waals surface area contributed by atoms with Crippen molar-refractivity contribution in [2.45, 2.75) is 18.3 Å². The third kappa shape index (κ3) is 2.15. The number of nitrogens with zero attached hydrogens (tertiary/aromatic N) is 1. The highest BCUT2D eigenvalue weighted by atomic mass is 79.9. The van der Waals surface area contributed by atoms with Crippen molar-refractivity contribution < 1.29 is 0 Å². The van der Waals surface area contributed by atoms with E-state index in [9.17, 15) is 0 Å². The summed E-state index contributed by atoms with van der Waals surface area (Å²) in [5, 5.41) is 3.90. The average molecular weight is 338 g/mol. The normalized spacial score (nSPS) is 26.8. The summed E-state index contributed by atoms with van der Waals surface area (Å²) in [7, 11) is 0. The fourth-order valence-corrected chi connectivity index (χ4v) is 4.45. The lowest BCUT2D eigenvalue weighted by atomic mass is 10.2. The Morgan fingerprint density at radius 3 is 2.57 bits per heavy atom. The van der Waals surface area contributed by atoms with Gasteiger partial charge in [0.1, 0.15) is 0 Å². The van der Waals surface area contributed by atoms with Crippen LogP contribution in [-0.4, -0.2) is 16.8 Å². The van der Waals surface area contributed by atoms with Gasteiger partial charge in [0, 0.05) is 38.7 Å². The lowest BCUT2D eigenvalue weighted by molar-refractivity contribution is 0.615. The molecule has 5 heteroatoms. The summed E-state index contributed by atoms with van der Waals surface area (Å²) < 4.78 is 2.12. The molecule has 1 aromatic rings. The van der Waals surface area contributed by atoms with Crippen LogP contribution in [0, 0.1) is 0 Å². The third-order valence-electron chi connectivity index (χ3n) is 2.10. The number of hydrogen-bond acceptors (Lipinski definition) is 3. The van der Waals surface area contributed by atoms with Crippen LogP contribution in [0.4, 0.5) is 0 Å². The molecule has 2 heterocycles. The van der Waals surface area contributed by atoms with Crippen molar-refractivity contribution in [3.05, 3.63) is 26.9 Å². The molecule has 0 saturated carbocycles. The van der Waals surface area contributed by atoms with Crippen LogP contribution in [0.2, 0.25) is 0 Å². The van der Waals surface area contributed by atoms with Gasteiger partial charge in [-0.3, -0.25) is 10.3 Å². The summed E-state index contributed by atoms with van der Waals surface area (Å²) in [6, 6.07) is 0.581. The van der Waals surface area contributed by atoms with Gasteiger partial charge in [-0.05, 0) is 38.8 Å². The van der Waals surface area contributed by atoms with Crippen molar-refractivity contribution in [2.75, 3.05) is 5.75 Å². The van der Waals surface area contributed by atoms with E-state index >= 15 is 0 Å². The third-order valence-corrected chi connectivity index (χ3v) is 4.76. The van der Waals surface area contributed by atoms with E-state index in [-0.39, 0.29) is 0 Å². The number of aromatic nitrogens is 1. The SMILES string of the molecule is CC1CSC(c2c(Br)cncc2Br)N1. The Morgan fingerprint density at radius 1 is 1.43 bits per heavy atom. The van der Waals surface area contributed by atoms with Crippen LogP contribution in [0.1, 0.15) is 17.9 Å². The van der Waals surface area contributed by atoms with Gasteiger partial charge in [-0.15, -0.1) is 11.8 Å². The molecule has 1 fully saturated rings. The number of nitrogens with one attached hydrogen (secondary N) is 1. The molecule has 0 aromatic carbocycles. The van der Waals surface area contributed by atoms with Crippen molar-refractivity contribution in [3.63, 3.8) is 0 Å². The van der Waals surface area contributed by atoms with Crippen LogP contribution >= 0.6 is 43.6 Å². The molecule has 1 aliphatic rings. The fourth-order valence-electron chi connectivity index (χ4n) is 1.43. The molecule has 76 valence electrons. The Labute approximate surface area is 105 Å². The molecule has 0 amide bonds. The van der Waals surface area contributed by atoms with E-state index in [1.807, 2.05) is 24.2 Å². The van der Waals surface area contributed by atoms with Crippen LogP contribution in [0.5, 0.6) is 0 Å². The van der Waals surface area contributed by atoms with Crippen LogP contribution in [0.3, 0.4) is 0 Å². The minimum absolute atomic E-state index is 0.372. The van der Waals surface area contributed by atoms with E-state index in [1.54, 1.807) is 0 Å². The lowest BCUT2D eigenvalue weighted by Gasteiger charge is -2.14. The lowest BCUT2D eigenvalue weighted by Crippen LogP contribution is -2.22. The van der Waals surface area contributed by atoms with Crippen molar-refractivity contribution in [2.24, 2.45) is 0 Å². The summed E-state index contributed by atoms with van der Waals surface area (Å²) in [6.45, 7) is 2.20. The highest BCUT2D eigenvalue weighted by Crippen LogP contribution is 2.39. The number of thioether (sulfide) groups is 1. The van der Waals surface area contributed by atoms with Crippen LogP contribution < -0.4 is 5.32 Å². The predicted molar refractivity (Wildman–Crippen MR) is 67.4 cm³/mol. The number of rotatable bonds is 1. The maximum absolute atomic E-state index is 4.10. The quantitative estimate of drug-likeness (QED) is 0.850. The minimum atomic E-state index is 0.372. The van der Waals surface area contributed by atoms with E-state index < -0.39 is 0 Å². The van der Waals surface area contributed by atoms with Crippen molar-refractivity contribution >= 4 is 43.6 Å². The molecule has 1 aromatic heterocycles. The van der Waals surface area contributed by atoms with Gasteiger partial charge in [0.25, 0.3) is 0 Å². The second kappa shape index (κ2) is 4.51. The zero-order valence-electron chi connectivity index (χ0n) is 7.63. The first kappa shape index (κ1) is 10.9. The van der Waals surface area contributed by atoms with E-state index in [0.717, 1.165) is 14.7 Å². The average Bonchev–Trinajstić information content (AvgIpc) is 2.51. The fraction of sp³-hybridized carbons (Fsp3) is 0.444. The minimum Gasteiger partial charge on any atom is -0.298 e. The first-order valence-electron chi connectivity index (χ1n) is 4.35. The van der Waals surface area contributed by atoms with Gasteiger partial charge in [0.2, 0.25) is 0 Å². The first-order valence-corrected chi connectivity index (χ1v) is 6.98. The Kier molecular flexibility index (Phi) is 3.52. The molecule has 2 atom stereocenters. The standard InChI is InChI=1S/C9H10Br2N2S/c1-5-4-14-9(13-5)8-6(10)2-12-3-7(8)11/h2-3,5,9,13H,4H2,1H3. The zero-order valence-corrected chi connectivity index (χ0v) is 11.6. The Hall–Kier alpha value is 0.420. The highest BCUT2D eigenvalue weighted by Gasteiger charge is 2.25. The highest BCUT2D eigenvalue weighted by molar-refractivity contribution is 9.11. The van der Waals surface area contributed by atoms with Gasteiger partial charge in [-0.25, -0.2) is 0 Å². The number of halogens is 2. The molecule has 2 unspecified atom stereocenters. The Bertz CT molecular complexity index is 325. The molecule has 0 aliphatic carbocycles. The molecule has 2 nitrogen and oxygen atoms in total. The summed E-state index contributed by atoms with van der Waals surface area (Å²) in [5.41, 5.74) is 1.26. The van der Waals surface area contributed by atoms with E-state index in [1.165, 1.54) is 5.56 Å². The molecular weight excluding hydrogens is 328 g/mol. The molecule has 1 aliphatic heterocycles. The van der Waals surface area contributed by atoms with Crippen LogP contribution in [0.25, 0.3) is 0 Å². The molecule has 0 bridgehead atoms. The molecule has 14 heavy (non-hydrogen) atoms. The summed E-state index contributed by atoms with van der Waals surface area (Å²) in [6.07, 6.45) is 3.68. The van der Waals surface area contributed by atoms with Gasteiger partial charge in [0.15, 0.2) is 0 Å². The second-order valence-corrected chi connectivity index (χ2v) is 6.14. The van der Waals surface area contributed by atoms with E-state index in [2.05, 4.69) is 49.1 Å². The van der Waals surface area contributed by atoms with E-state index in [0.29, 0.717) is 11.4 Å². The predicted octanol–water partition coefficient (Wildman–Crippen LogP) is 3.33. The smallest absolute Gasteiger partial charge is 0.0815 e. The topological polar surface area (TPSA) is 24.9 Å². The maximum atomic E-state index is 4.10. The second-order valence-electron chi connectivity index (χ2n) is 3.30. The maximum Gasteiger partial charge on any atom is 0.0815 e. The Balaban J connectivity index is 2.31. The number of hydrogen-bond donors (Lipinski definition) is 1. The Morgan fingerprint density at radius 2 is 2.07 bits per heavy atom. The first-order chi connectivity index (χ1) is 6.68. The zero-order chi connectivity index (χ0) is 10.1. The van der Waals surface area contributed by atoms with Crippen LogP contribution in [-0.2, 0) is 0 Å². The van der Waals surface area contributed by atoms with E-state index in [4.69, 9.17) is 0 Å². The molecule has 1 N–H and O–H groups in total. The van der Waals surface area contributed by atoms with Gasteiger partial charge in [0.05, 0.1) is 5.37 Å². The molecule has 0 spiro atoms. The van der Waals surface area contributed by atoms with Crippen molar-refractivity contribution in [3.8, 4) is 0 Å². The van der Waals surface area contributed by atoms with Crippen molar-refractivity contribution in [1.29, 1.82) is 0 Å². The molecule has 2 rings (SSSR count). The van der Waals surface area contributed by atoms with Crippen LogP contribution in [0.15, 0.2) is 21.3 Å². The van der Waals surface area contributed by atoms with Crippen molar-refractivity contribution in [1.82, 2.24) is 10.3 Å². The molecule has 1 saturated heterocycles. The molecule has 0 radical (unpaired) electrons. The van der Waals surface area contributed by atoms with Gasteiger partial charge < -0.3 is 0 Å².